The van der Waals surface area contributed by atoms with Crippen molar-refractivity contribution < 1.29 is 28.7 Å². The second-order valence-electron chi connectivity index (χ2n) is 29.7. The van der Waals surface area contributed by atoms with E-state index in [2.05, 4.69) is 185 Å². The van der Waals surface area contributed by atoms with E-state index in [1.54, 1.807) is 36.8 Å². The number of aldehydes is 1. The molecule has 0 saturated carbocycles. The summed E-state index contributed by atoms with van der Waals surface area (Å²) in [6.07, 6.45) is 30.6. The van der Waals surface area contributed by atoms with Gasteiger partial charge in [0, 0.05) is 104 Å². The molecule has 0 bridgehead atoms. The van der Waals surface area contributed by atoms with Crippen LogP contribution < -0.4 is 28.5 Å². The van der Waals surface area contributed by atoms with E-state index in [0.717, 1.165) is 214 Å². The number of hydrogen-bond acceptors (Lipinski definition) is 18. The number of aliphatic hydroxyl groups excluding tert-OH is 1. The normalized spacial score (nSPS) is 12.1. The first-order chi connectivity index (χ1) is 57.3. The molecule has 0 aliphatic carbocycles. The zero-order valence-corrected chi connectivity index (χ0v) is 75.1. The van der Waals surface area contributed by atoms with Crippen LogP contribution in [0.25, 0.3) is 55.2 Å². The molecule has 1 aliphatic rings. The van der Waals surface area contributed by atoms with Crippen molar-refractivity contribution in [3.63, 3.8) is 0 Å². The van der Waals surface area contributed by atoms with Crippen LogP contribution in [0.4, 0.5) is 23.1 Å². The quantitative estimate of drug-likeness (QED) is 0.00601. The minimum atomic E-state index is -0.331. The van der Waals surface area contributed by atoms with Gasteiger partial charge in [-0.05, 0) is 211 Å². The molecule has 13 rings (SSSR count). The second-order valence-corrected chi connectivity index (χ2v) is 32.4. The summed E-state index contributed by atoms with van der Waals surface area (Å²) in [5, 5.41) is 50.2. The number of H-pyrrole nitrogens is 3. The Morgan fingerprint density at radius 2 is 0.899 bits per heavy atom. The standard InChI is InChI=1S/C24H26N4O.C21H23BrN2O.C17H20N4O.C9H15BN2O2.C8H15N.C7H6BrNO.C7H12BrN.ClH/c25-24-21(9-5-2-6-14-29-17-18-7-3-1-4-8-18)15-19-10-11-20(16-23(19)27-24)22-12-13-26-28-22;22-19-11-10-17-13-18(21(23)24-20(17)14-19)9-5-2-6-12-25-15-16-7-3-1-4-8-16;18-17-14(4-2-1-3-9-22)10-12-5-6-13(11-16(12)20-17)15-7-8-19-21-15;1-8(2)9(3,4)14-10(13-8)7-5-6-11-12-7;1-2-3-4-5-6-7-8-9;8-6-2-1-5(4-10)7(9)3-6;8-6-4-2-1-3-5-7-9;/h1,3-4,7-8,10-13,15-16H,2,5-6,9,14,17H2,(H2,25,27)(H,26,28);1,3-4,7-8,10-11,13-14H,2,5-6,9,12,15H2,(H2,23,24);5-8,10-11,22H,1-4,9H2,(H2,18,20)(H,19,21);5-6H,1-4H3,(H,11,12);2-7H2,1H3;1-4H,9H2;1-6H2;1H. The Balaban J connectivity index is 0.000000225. The number of aromatic nitrogens is 9. The fraction of sp³-hybridized carbons (Fsp3) is 0.387. The van der Waals surface area contributed by atoms with Gasteiger partial charge in [0.2, 0.25) is 0 Å². The molecule has 119 heavy (non-hydrogen) atoms. The number of nitrogens with two attached hydrogens (primary N) is 4. The van der Waals surface area contributed by atoms with E-state index >= 15 is 0 Å². The highest BCUT2D eigenvalue weighted by molar-refractivity contribution is 9.10. The number of hydrogen-bond donors (Lipinski definition) is 8. The highest BCUT2D eigenvalue weighted by Crippen LogP contribution is 2.37. The molecule has 0 unspecified atom stereocenters. The first-order valence-electron chi connectivity index (χ1n) is 41.0. The minimum absolute atomic E-state index is 0. The smallest absolute Gasteiger partial charge is 0.398 e. The lowest BCUT2D eigenvalue weighted by molar-refractivity contribution is 0.00578. The molecular weight excluding hydrogens is 1710 g/mol. The van der Waals surface area contributed by atoms with Crippen LogP contribution in [0.3, 0.4) is 0 Å². The van der Waals surface area contributed by atoms with Crippen molar-refractivity contribution in [2.24, 2.45) is 0 Å². The molecule has 6 aromatic heterocycles. The van der Waals surface area contributed by atoms with Crippen LogP contribution in [0.1, 0.15) is 201 Å². The molecule has 12 N–H and O–H groups in total. The van der Waals surface area contributed by atoms with Crippen LogP contribution in [-0.2, 0) is 51.3 Å². The average Bonchev–Trinajstić information content (AvgIpc) is 1.39. The molecule has 7 heterocycles. The van der Waals surface area contributed by atoms with Crippen molar-refractivity contribution in [1.82, 2.24) is 45.5 Å². The van der Waals surface area contributed by atoms with Gasteiger partial charge in [0.1, 0.15) is 17.5 Å². The number of aliphatic hydroxyl groups is 1. The molecule has 21 nitrogen and oxygen atoms in total. The number of nitrogens with zero attached hydrogens (tertiary/aromatic N) is 8. The maximum Gasteiger partial charge on any atom is 0.513 e. The molecule has 0 radical (unpaired) electrons. The number of benzene rings is 6. The van der Waals surface area contributed by atoms with Gasteiger partial charge in [0.15, 0.2) is 6.29 Å². The van der Waals surface area contributed by atoms with E-state index in [-0.39, 0.29) is 37.3 Å². The summed E-state index contributed by atoms with van der Waals surface area (Å²) in [6, 6.07) is 60.7. The van der Waals surface area contributed by atoms with Gasteiger partial charge < -0.3 is 46.8 Å². The fourth-order valence-electron chi connectivity index (χ4n) is 12.4. The summed E-state index contributed by atoms with van der Waals surface area (Å²) < 4.78 is 25.0. The van der Waals surface area contributed by atoms with Crippen LogP contribution in [-0.4, -0.2) is 100 Å². The van der Waals surface area contributed by atoms with Gasteiger partial charge in [0.05, 0.1) is 70.1 Å². The monoisotopic (exact) mass is 1820 g/mol. The summed E-state index contributed by atoms with van der Waals surface area (Å²) in [4.78, 5) is 23.9. The highest BCUT2D eigenvalue weighted by Gasteiger charge is 2.52. The largest absolute Gasteiger partial charge is 0.513 e. The van der Waals surface area contributed by atoms with Gasteiger partial charge in [0.25, 0.3) is 0 Å². The predicted molar refractivity (Wildman–Crippen MR) is 500 cm³/mol. The third-order valence-corrected chi connectivity index (χ3v) is 21.5. The van der Waals surface area contributed by atoms with Gasteiger partial charge in [-0.1, -0.05) is 203 Å². The van der Waals surface area contributed by atoms with E-state index in [1.807, 2.05) is 107 Å². The summed E-state index contributed by atoms with van der Waals surface area (Å²) in [6.45, 7) is 13.5. The number of aromatic amines is 3. The maximum atomic E-state index is 10.2. The molecule has 26 heteroatoms. The SMILES string of the molecule is CC1(C)OB(c2ccn[nH]2)OC1(C)C.CCCCCCCC#N.Cl.N#CCCCCCCBr.Nc1cc(Br)ccc1C=O.Nc1nc2cc(-c3ccn[nH]3)ccc2cc1CCCCCO.Nc1nc2cc(-c3ccn[nH]3)ccc2cc1CCCCCOCc1ccccc1.Nc1nc2cc(Br)ccc2cc1CCCCCOCc1ccccc1. The fourth-order valence-corrected chi connectivity index (χ4v) is 13.5. The van der Waals surface area contributed by atoms with Crippen LogP contribution in [0.5, 0.6) is 0 Å². The molecule has 632 valence electrons. The number of nitrogens with one attached hydrogen (secondary N) is 3. The Morgan fingerprint density at radius 3 is 1.31 bits per heavy atom. The van der Waals surface area contributed by atoms with Crippen molar-refractivity contribution in [2.45, 2.75) is 207 Å². The number of pyridine rings is 3. The lowest BCUT2D eigenvalue weighted by Crippen LogP contribution is -2.41. The van der Waals surface area contributed by atoms with Crippen molar-refractivity contribution in [3.8, 4) is 34.7 Å². The van der Waals surface area contributed by atoms with Crippen molar-refractivity contribution >= 4 is 135 Å². The van der Waals surface area contributed by atoms with E-state index < -0.39 is 0 Å². The number of rotatable bonds is 35. The zero-order chi connectivity index (χ0) is 84.6. The van der Waals surface area contributed by atoms with E-state index in [4.69, 9.17) is 57.3 Å². The van der Waals surface area contributed by atoms with Gasteiger partial charge >= 0.3 is 7.12 Å². The number of alkyl halides is 1. The van der Waals surface area contributed by atoms with Gasteiger partial charge in [-0.3, -0.25) is 20.1 Å². The molecule has 0 amide bonds. The summed E-state index contributed by atoms with van der Waals surface area (Å²) in [5.41, 5.74) is 37.8. The molecule has 1 aliphatic heterocycles. The van der Waals surface area contributed by atoms with Crippen LogP contribution in [0, 0.1) is 22.7 Å². The Labute approximate surface area is 734 Å². The number of nitrogen functional groups attached to an aromatic ring is 4. The third kappa shape index (κ3) is 35.5. The molecule has 0 spiro atoms. The summed E-state index contributed by atoms with van der Waals surface area (Å²) in [5.74, 6) is 1.86. The van der Waals surface area contributed by atoms with Gasteiger partial charge in [-0.2, -0.15) is 25.8 Å². The zero-order valence-electron chi connectivity index (χ0n) is 69.5. The maximum absolute atomic E-state index is 10.2. The molecule has 12 aromatic rings. The number of fused-ring (bicyclic) bond motifs is 3. The number of halogens is 4. The van der Waals surface area contributed by atoms with Crippen LogP contribution in [0.15, 0.2) is 197 Å². The van der Waals surface area contributed by atoms with Crippen LogP contribution in [0.2, 0.25) is 0 Å². The Bertz CT molecular complexity index is 4890. The predicted octanol–water partition coefficient (Wildman–Crippen LogP) is 22.3. The number of anilines is 4. The molecule has 0 atom stereocenters. The molecular formula is C93H118BBr3ClN15O6. The topological polar surface area (TPSA) is 351 Å². The molecule has 1 fully saturated rings. The number of carbonyl (C=O) groups is 1. The van der Waals surface area contributed by atoms with Crippen molar-refractivity contribution in [3.05, 3.63) is 231 Å². The lowest BCUT2D eigenvalue weighted by Gasteiger charge is -2.32. The first kappa shape index (κ1) is 98.4. The Kier molecular flexibility index (Phi) is 45.9. The minimum Gasteiger partial charge on any atom is -0.398 e. The lowest BCUT2D eigenvalue weighted by atomic mass is 9.85. The number of unbranched alkanes of at least 4 members (excludes halogenated alkanes) is 15. The molecule has 6 aromatic carbocycles. The van der Waals surface area contributed by atoms with E-state index in [0.29, 0.717) is 41.9 Å². The van der Waals surface area contributed by atoms with Crippen molar-refractivity contribution in [1.29, 1.82) is 10.5 Å². The van der Waals surface area contributed by atoms with Gasteiger partial charge in [-0.15, -0.1) is 12.4 Å². The first-order valence-corrected chi connectivity index (χ1v) is 43.7. The number of aryl methyl sites for hydroxylation is 3. The third-order valence-electron chi connectivity index (χ3n) is 19.9. The van der Waals surface area contributed by atoms with Gasteiger partial charge in [-0.25, -0.2) is 15.0 Å². The van der Waals surface area contributed by atoms with E-state index in [1.165, 1.54) is 56.1 Å². The Morgan fingerprint density at radius 1 is 0.487 bits per heavy atom. The van der Waals surface area contributed by atoms with Crippen LogP contribution >= 0.6 is 60.2 Å². The second kappa shape index (κ2) is 55.5. The average molecular weight is 1830 g/mol. The number of nitriles is 2. The number of ether oxygens (including phenoxy) is 2. The molecule has 1 saturated heterocycles. The number of carbonyl (C=O) groups excluding carboxylic acids is 1. The summed E-state index contributed by atoms with van der Waals surface area (Å²) >= 11 is 10.1. The van der Waals surface area contributed by atoms with Crippen molar-refractivity contribution in [2.75, 3.05) is 48.1 Å². The summed E-state index contributed by atoms with van der Waals surface area (Å²) in [7, 11) is -0.331. The Hall–Kier alpha value is -9.38. The highest BCUT2D eigenvalue weighted by atomic mass is 79.9. The van der Waals surface area contributed by atoms with E-state index in [9.17, 15) is 4.79 Å².